The van der Waals surface area contributed by atoms with Gasteiger partial charge in [0.25, 0.3) is 0 Å². The summed E-state index contributed by atoms with van der Waals surface area (Å²) in [5.74, 6) is 0. The predicted octanol–water partition coefficient (Wildman–Crippen LogP) is 2.14. The maximum atomic E-state index is 8.62. The fourth-order valence-corrected chi connectivity index (χ4v) is 2.04. The smallest absolute Gasteiger partial charge is 0.0669 e. The Morgan fingerprint density at radius 3 is 3.14 bits per heavy atom. The highest BCUT2D eigenvalue weighted by atomic mass is 15.1. The van der Waals surface area contributed by atoms with Gasteiger partial charge in [0.15, 0.2) is 0 Å². The highest BCUT2D eigenvalue weighted by molar-refractivity contribution is 5.56. The summed E-state index contributed by atoms with van der Waals surface area (Å²) in [5.41, 5.74) is 3.87. The molecule has 14 heavy (non-hydrogen) atoms. The van der Waals surface area contributed by atoms with Crippen molar-refractivity contribution in [3.05, 3.63) is 29.3 Å². The van der Waals surface area contributed by atoms with Crippen LogP contribution in [0, 0.1) is 11.3 Å². The fraction of sp³-hybridized carbons (Fsp3) is 0.417. The van der Waals surface area contributed by atoms with E-state index in [-0.39, 0.29) is 0 Å². The van der Waals surface area contributed by atoms with Gasteiger partial charge in [-0.1, -0.05) is 12.1 Å². The zero-order chi connectivity index (χ0) is 9.97. The first-order valence-corrected chi connectivity index (χ1v) is 5.01. The fourth-order valence-electron chi connectivity index (χ4n) is 2.04. The summed E-state index contributed by atoms with van der Waals surface area (Å²) in [5, 5.41) is 8.62. The number of rotatable bonds is 1. The summed E-state index contributed by atoms with van der Waals surface area (Å²) < 4.78 is 0. The maximum absolute atomic E-state index is 8.62. The van der Waals surface area contributed by atoms with Gasteiger partial charge in [0.2, 0.25) is 0 Å². The summed E-state index contributed by atoms with van der Waals surface area (Å²) in [6, 6.07) is 8.56. The van der Waals surface area contributed by atoms with Crippen LogP contribution in [0.2, 0.25) is 0 Å². The van der Waals surface area contributed by atoms with Crippen molar-refractivity contribution < 1.29 is 0 Å². The molecule has 0 atom stereocenters. The van der Waals surface area contributed by atoms with Crippen molar-refractivity contribution in [2.75, 3.05) is 18.5 Å². The molecule has 0 fully saturated rings. The number of hydrogen-bond donors (Lipinski definition) is 0. The van der Waals surface area contributed by atoms with E-state index in [9.17, 15) is 0 Å². The van der Waals surface area contributed by atoms with E-state index in [2.05, 4.69) is 36.2 Å². The minimum atomic E-state index is 0.525. The van der Waals surface area contributed by atoms with Gasteiger partial charge in [-0.2, -0.15) is 5.26 Å². The Morgan fingerprint density at radius 2 is 2.36 bits per heavy atom. The van der Waals surface area contributed by atoms with Crippen LogP contribution in [-0.4, -0.2) is 13.6 Å². The third-order valence-corrected chi connectivity index (χ3v) is 2.78. The Labute approximate surface area is 84.8 Å². The average molecular weight is 186 g/mol. The van der Waals surface area contributed by atoms with Crippen molar-refractivity contribution in [3.63, 3.8) is 0 Å². The lowest BCUT2D eigenvalue weighted by Crippen LogP contribution is -2.24. The highest BCUT2D eigenvalue weighted by Gasteiger charge is 2.13. The molecule has 0 amide bonds. The van der Waals surface area contributed by atoms with E-state index in [4.69, 9.17) is 5.26 Å². The third kappa shape index (κ3) is 1.58. The molecular formula is C12H14N2. The van der Waals surface area contributed by atoms with E-state index in [1.54, 1.807) is 0 Å². The summed E-state index contributed by atoms with van der Waals surface area (Å²) in [7, 11) is 2.13. The topological polar surface area (TPSA) is 27.0 Å². The van der Waals surface area contributed by atoms with Gasteiger partial charge in [0.1, 0.15) is 0 Å². The van der Waals surface area contributed by atoms with Crippen LogP contribution in [0.25, 0.3) is 0 Å². The minimum Gasteiger partial charge on any atom is -0.374 e. The molecule has 1 aromatic carbocycles. The molecule has 2 heteroatoms. The predicted molar refractivity (Wildman–Crippen MR) is 57.4 cm³/mol. The van der Waals surface area contributed by atoms with E-state index >= 15 is 0 Å². The van der Waals surface area contributed by atoms with E-state index in [0.717, 1.165) is 18.5 Å². The Bertz CT molecular complexity index is 376. The molecule has 0 bridgehead atoms. The normalized spacial score (nSPS) is 14.7. The van der Waals surface area contributed by atoms with Crippen LogP contribution in [0.5, 0.6) is 0 Å². The van der Waals surface area contributed by atoms with Crippen LogP contribution >= 0.6 is 0 Å². The van der Waals surface area contributed by atoms with Gasteiger partial charge >= 0.3 is 0 Å². The molecular weight excluding hydrogens is 172 g/mol. The molecule has 0 aromatic heterocycles. The Hall–Kier alpha value is -1.49. The third-order valence-electron chi connectivity index (χ3n) is 2.78. The quantitative estimate of drug-likeness (QED) is 0.671. The molecule has 0 radical (unpaired) electrons. The molecule has 1 aromatic rings. The lowest BCUT2D eigenvalue weighted by Gasteiger charge is -2.27. The van der Waals surface area contributed by atoms with Gasteiger partial charge in [0, 0.05) is 19.3 Å². The number of hydrogen-bond acceptors (Lipinski definition) is 2. The van der Waals surface area contributed by atoms with Gasteiger partial charge in [-0.3, -0.25) is 0 Å². The molecule has 72 valence electrons. The van der Waals surface area contributed by atoms with E-state index in [1.165, 1.54) is 17.7 Å². The first-order valence-electron chi connectivity index (χ1n) is 5.01. The van der Waals surface area contributed by atoms with Crippen LogP contribution in [0.4, 0.5) is 5.69 Å². The van der Waals surface area contributed by atoms with E-state index in [1.807, 2.05) is 0 Å². The number of benzene rings is 1. The van der Waals surface area contributed by atoms with Crippen molar-refractivity contribution in [1.29, 1.82) is 5.26 Å². The second kappa shape index (κ2) is 3.71. The molecule has 1 aliphatic rings. The number of aryl methyl sites for hydroxylation is 1. The molecule has 0 spiro atoms. The highest BCUT2D eigenvalue weighted by Crippen LogP contribution is 2.26. The van der Waals surface area contributed by atoms with Crippen molar-refractivity contribution in [2.24, 2.45) is 0 Å². The summed E-state index contributed by atoms with van der Waals surface area (Å²) in [6.45, 7) is 1.14. The molecule has 0 saturated heterocycles. The van der Waals surface area contributed by atoms with Gasteiger partial charge in [-0.15, -0.1) is 0 Å². The molecule has 0 aliphatic carbocycles. The molecule has 0 unspecified atom stereocenters. The Balaban J connectivity index is 2.35. The second-order valence-corrected chi connectivity index (χ2v) is 3.82. The van der Waals surface area contributed by atoms with Crippen LogP contribution in [-0.2, 0) is 12.8 Å². The average Bonchev–Trinajstić information content (AvgIpc) is 2.18. The van der Waals surface area contributed by atoms with Crippen LogP contribution < -0.4 is 4.90 Å². The SMILES string of the molecule is CN1CCCc2cc(CC#N)ccc21. The van der Waals surface area contributed by atoms with Gasteiger partial charge in [-0.05, 0) is 30.0 Å². The van der Waals surface area contributed by atoms with E-state index < -0.39 is 0 Å². The summed E-state index contributed by atoms with van der Waals surface area (Å²) in [4.78, 5) is 2.29. The molecule has 0 N–H and O–H groups in total. The molecule has 1 aliphatic heterocycles. The number of nitriles is 1. The van der Waals surface area contributed by atoms with Crippen LogP contribution in [0.1, 0.15) is 17.5 Å². The molecule has 0 saturated carbocycles. The number of nitrogens with zero attached hydrogens (tertiary/aromatic N) is 2. The number of anilines is 1. The maximum Gasteiger partial charge on any atom is 0.0669 e. The monoisotopic (exact) mass is 186 g/mol. The first kappa shape index (κ1) is 9.08. The van der Waals surface area contributed by atoms with Crippen molar-refractivity contribution >= 4 is 5.69 Å². The van der Waals surface area contributed by atoms with Crippen molar-refractivity contribution in [3.8, 4) is 6.07 Å². The van der Waals surface area contributed by atoms with Gasteiger partial charge in [0.05, 0.1) is 12.5 Å². The summed E-state index contributed by atoms with van der Waals surface area (Å²) >= 11 is 0. The zero-order valence-corrected chi connectivity index (χ0v) is 8.45. The number of fused-ring (bicyclic) bond motifs is 1. The second-order valence-electron chi connectivity index (χ2n) is 3.82. The molecule has 1 heterocycles. The largest absolute Gasteiger partial charge is 0.374 e. The zero-order valence-electron chi connectivity index (χ0n) is 8.45. The Kier molecular flexibility index (Phi) is 2.41. The van der Waals surface area contributed by atoms with Crippen LogP contribution in [0.3, 0.4) is 0 Å². The van der Waals surface area contributed by atoms with Crippen LogP contribution in [0.15, 0.2) is 18.2 Å². The lowest BCUT2D eigenvalue weighted by atomic mass is 9.99. The molecule has 2 nitrogen and oxygen atoms in total. The Morgan fingerprint density at radius 1 is 1.50 bits per heavy atom. The van der Waals surface area contributed by atoms with Gasteiger partial charge in [-0.25, -0.2) is 0 Å². The van der Waals surface area contributed by atoms with Crippen molar-refractivity contribution in [1.82, 2.24) is 0 Å². The standard InChI is InChI=1S/C12H14N2/c1-14-8-2-3-11-9-10(6-7-13)4-5-12(11)14/h4-5,9H,2-3,6,8H2,1H3. The minimum absolute atomic E-state index is 0.525. The van der Waals surface area contributed by atoms with E-state index in [0.29, 0.717) is 6.42 Å². The first-order chi connectivity index (χ1) is 6.81. The van der Waals surface area contributed by atoms with Crippen molar-refractivity contribution in [2.45, 2.75) is 19.3 Å². The lowest BCUT2D eigenvalue weighted by molar-refractivity contribution is 0.743. The van der Waals surface area contributed by atoms with Gasteiger partial charge < -0.3 is 4.90 Å². The summed E-state index contributed by atoms with van der Waals surface area (Å²) in [6.07, 6.45) is 2.90. The molecule has 2 rings (SSSR count).